The maximum Gasteiger partial charge on any atom is 0.367 e. The molecule has 1 amide bonds. The molecule has 0 bridgehead atoms. The average molecular weight is 479 g/mol. The summed E-state index contributed by atoms with van der Waals surface area (Å²) in [4.78, 5) is 29.8. The summed E-state index contributed by atoms with van der Waals surface area (Å²) in [6, 6.07) is 18.5. The summed E-state index contributed by atoms with van der Waals surface area (Å²) in [6.45, 7) is 2.33. The zero-order valence-corrected chi connectivity index (χ0v) is 19.4. The van der Waals surface area contributed by atoms with Gasteiger partial charge in [-0.15, -0.1) is 5.10 Å². The van der Waals surface area contributed by atoms with Gasteiger partial charge in [0.25, 0.3) is 0 Å². The number of hydrogen-bond donors (Lipinski definition) is 0. The number of piperazine rings is 1. The summed E-state index contributed by atoms with van der Waals surface area (Å²) in [5.74, 6) is 0.659. The van der Waals surface area contributed by atoms with Crippen molar-refractivity contribution >= 4 is 28.8 Å². The van der Waals surface area contributed by atoms with Crippen LogP contribution >= 0.6 is 11.6 Å². The molecule has 0 spiro atoms. The third-order valence-electron chi connectivity index (χ3n) is 5.92. The number of aromatic nitrogens is 4. The van der Waals surface area contributed by atoms with Crippen LogP contribution in [0.1, 0.15) is 0 Å². The van der Waals surface area contributed by atoms with Crippen molar-refractivity contribution in [2.24, 2.45) is 0 Å². The Labute approximate surface area is 200 Å². The predicted molar refractivity (Wildman–Crippen MR) is 129 cm³/mol. The van der Waals surface area contributed by atoms with E-state index in [0.29, 0.717) is 42.5 Å². The number of halogens is 1. The van der Waals surface area contributed by atoms with Crippen LogP contribution in [0.4, 0.5) is 5.69 Å². The molecule has 1 fully saturated rings. The van der Waals surface area contributed by atoms with Gasteiger partial charge in [0.05, 0.1) is 18.5 Å². The Morgan fingerprint density at radius 2 is 1.71 bits per heavy atom. The topological polar surface area (TPSA) is 85.0 Å². The summed E-state index contributed by atoms with van der Waals surface area (Å²) < 4.78 is 7.84. The van der Waals surface area contributed by atoms with Crippen molar-refractivity contribution in [3.63, 3.8) is 0 Å². The van der Waals surface area contributed by atoms with E-state index in [2.05, 4.69) is 15.1 Å². The van der Waals surface area contributed by atoms with Gasteiger partial charge in [0.2, 0.25) is 5.91 Å². The van der Waals surface area contributed by atoms with Crippen LogP contribution in [0.15, 0.2) is 65.5 Å². The van der Waals surface area contributed by atoms with Crippen molar-refractivity contribution in [2.45, 2.75) is 6.54 Å². The molecule has 2 aromatic carbocycles. The lowest BCUT2D eigenvalue weighted by Gasteiger charge is -2.36. The molecule has 0 atom stereocenters. The quantitative estimate of drug-likeness (QED) is 0.438. The van der Waals surface area contributed by atoms with Crippen molar-refractivity contribution in [2.75, 3.05) is 38.2 Å². The van der Waals surface area contributed by atoms with Gasteiger partial charge < -0.3 is 14.5 Å². The standard InChI is InChI=1S/C24H23ClN6O3/c1-34-21-5-3-2-4-20(21)28-12-14-29(15-13-28)23(32)16-30-24(33)31-22(27-30)11-10-19(26-31)17-6-8-18(25)9-7-17/h2-11H,12-16H2,1H3. The van der Waals surface area contributed by atoms with Crippen molar-refractivity contribution in [1.82, 2.24) is 24.3 Å². The van der Waals surface area contributed by atoms with Crippen LogP contribution in [0, 0.1) is 0 Å². The van der Waals surface area contributed by atoms with Gasteiger partial charge in [-0.3, -0.25) is 4.79 Å². The Morgan fingerprint density at radius 1 is 0.971 bits per heavy atom. The highest BCUT2D eigenvalue weighted by atomic mass is 35.5. The smallest absolute Gasteiger partial charge is 0.367 e. The molecule has 5 rings (SSSR count). The number of nitrogens with zero attached hydrogens (tertiary/aromatic N) is 6. The minimum Gasteiger partial charge on any atom is -0.495 e. The molecule has 9 nitrogen and oxygen atoms in total. The van der Waals surface area contributed by atoms with Gasteiger partial charge in [-0.25, -0.2) is 9.48 Å². The average Bonchev–Trinajstić information content (AvgIpc) is 3.19. The zero-order chi connectivity index (χ0) is 23.7. The summed E-state index contributed by atoms with van der Waals surface area (Å²) >= 11 is 5.95. The molecule has 0 radical (unpaired) electrons. The number of methoxy groups -OCH3 is 1. The summed E-state index contributed by atoms with van der Waals surface area (Å²) in [5, 5.41) is 9.32. The molecule has 0 saturated carbocycles. The molecule has 34 heavy (non-hydrogen) atoms. The van der Waals surface area contributed by atoms with Gasteiger partial charge in [0, 0.05) is 36.8 Å². The van der Waals surface area contributed by atoms with Crippen LogP contribution in [-0.2, 0) is 11.3 Å². The number of hydrogen-bond acceptors (Lipinski definition) is 6. The molecule has 3 heterocycles. The molecule has 174 valence electrons. The van der Waals surface area contributed by atoms with E-state index in [1.54, 1.807) is 36.3 Å². The van der Waals surface area contributed by atoms with Crippen LogP contribution in [0.3, 0.4) is 0 Å². The molecule has 1 aliphatic heterocycles. The number of anilines is 1. The first kappa shape index (κ1) is 22.0. The lowest BCUT2D eigenvalue weighted by atomic mass is 10.1. The Hall–Kier alpha value is -3.85. The maximum atomic E-state index is 12.9. The van der Waals surface area contributed by atoms with Gasteiger partial charge in [-0.05, 0) is 36.4 Å². The van der Waals surface area contributed by atoms with E-state index in [1.807, 2.05) is 36.4 Å². The van der Waals surface area contributed by atoms with Crippen molar-refractivity contribution < 1.29 is 9.53 Å². The van der Waals surface area contributed by atoms with Gasteiger partial charge in [0.1, 0.15) is 12.3 Å². The molecular weight excluding hydrogens is 456 g/mol. The fourth-order valence-electron chi connectivity index (χ4n) is 4.10. The van der Waals surface area contributed by atoms with Crippen molar-refractivity contribution in [1.29, 1.82) is 0 Å². The maximum absolute atomic E-state index is 12.9. The fraction of sp³-hybridized carbons (Fsp3) is 0.250. The van der Waals surface area contributed by atoms with E-state index in [4.69, 9.17) is 16.3 Å². The van der Waals surface area contributed by atoms with Crippen LogP contribution < -0.4 is 15.3 Å². The number of para-hydroxylation sites is 2. The van der Waals surface area contributed by atoms with E-state index in [-0.39, 0.29) is 12.5 Å². The molecular formula is C24H23ClN6O3. The Kier molecular flexibility index (Phi) is 5.93. The molecule has 2 aromatic heterocycles. The van der Waals surface area contributed by atoms with Gasteiger partial charge in [-0.2, -0.15) is 9.61 Å². The lowest BCUT2D eigenvalue weighted by molar-refractivity contribution is -0.132. The number of benzene rings is 2. The largest absolute Gasteiger partial charge is 0.495 e. The number of fused-ring (bicyclic) bond motifs is 1. The highest BCUT2D eigenvalue weighted by Gasteiger charge is 2.24. The number of amides is 1. The second-order valence-corrected chi connectivity index (χ2v) is 8.41. The van der Waals surface area contributed by atoms with E-state index < -0.39 is 5.69 Å². The Balaban J connectivity index is 1.29. The van der Waals surface area contributed by atoms with Gasteiger partial charge >= 0.3 is 5.69 Å². The van der Waals surface area contributed by atoms with Gasteiger partial charge in [-0.1, -0.05) is 35.9 Å². The van der Waals surface area contributed by atoms with Crippen LogP contribution in [0.2, 0.25) is 5.02 Å². The highest BCUT2D eigenvalue weighted by Crippen LogP contribution is 2.28. The van der Waals surface area contributed by atoms with E-state index >= 15 is 0 Å². The van der Waals surface area contributed by atoms with E-state index in [0.717, 1.165) is 17.0 Å². The van der Waals surface area contributed by atoms with Crippen LogP contribution in [-0.4, -0.2) is 63.5 Å². The molecule has 1 aliphatic rings. The Bertz CT molecular complexity index is 1390. The fourth-order valence-corrected chi connectivity index (χ4v) is 4.23. The monoisotopic (exact) mass is 478 g/mol. The highest BCUT2D eigenvalue weighted by molar-refractivity contribution is 6.30. The minimum atomic E-state index is -0.452. The molecule has 0 aliphatic carbocycles. The summed E-state index contributed by atoms with van der Waals surface area (Å²) in [7, 11) is 1.65. The Morgan fingerprint density at radius 3 is 2.44 bits per heavy atom. The first-order valence-corrected chi connectivity index (χ1v) is 11.3. The minimum absolute atomic E-state index is 0.132. The summed E-state index contributed by atoms with van der Waals surface area (Å²) in [5.41, 5.74) is 2.39. The van der Waals surface area contributed by atoms with E-state index in [9.17, 15) is 9.59 Å². The normalized spacial score (nSPS) is 13.9. The lowest BCUT2D eigenvalue weighted by Crippen LogP contribution is -2.50. The summed E-state index contributed by atoms with van der Waals surface area (Å²) in [6.07, 6.45) is 0. The van der Waals surface area contributed by atoms with Crippen LogP contribution in [0.25, 0.3) is 16.9 Å². The molecule has 0 N–H and O–H groups in total. The second kappa shape index (κ2) is 9.18. The first-order chi connectivity index (χ1) is 16.5. The number of rotatable bonds is 5. The van der Waals surface area contributed by atoms with Crippen LogP contribution in [0.5, 0.6) is 5.75 Å². The number of carbonyl (C=O) groups is 1. The van der Waals surface area contributed by atoms with Crippen molar-refractivity contribution in [3.8, 4) is 17.0 Å². The van der Waals surface area contributed by atoms with E-state index in [1.165, 1.54) is 9.20 Å². The number of ether oxygens (including phenoxy) is 1. The second-order valence-electron chi connectivity index (χ2n) is 7.98. The molecule has 10 heteroatoms. The van der Waals surface area contributed by atoms with Gasteiger partial charge in [0.15, 0.2) is 5.65 Å². The SMILES string of the molecule is COc1ccccc1N1CCN(C(=O)Cn2nc3ccc(-c4ccc(Cl)cc4)nn3c2=O)CC1. The first-order valence-electron chi connectivity index (χ1n) is 10.9. The number of carbonyl (C=O) groups excluding carboxylic acids is 1. The third-order valence-corrected chi connectivity index (χ3v) is 6.18. The van der Waals surface area contributed by atoms with Crippen molar-refractivity contribution in [3.05, 3.63) is 76.2 Å². The molecule has 4 aromatic rings. The molecule has 0 unspecified atom stereocenters. The predicted octanol–water partition coefficient (Wildman–Crippen LogP) is 2.57. The molecule has 1 saturated heterocycles. The third kappa shape index (κ3) is 4.22. The zero-order valence-electron chi connectivity index (χ0n) is 18.6.